The lowest BCUT2D eigenvalue weighted by atomic mass is 9.82. The Morgan fingerprint density at radius 1 is 1.33 bits per heavy atom. The van der Waals surface area contributed by atoms with Crippen molar-refractivity contribution in [3.05, 3.63) is 0 Å². The lowest BCUT2D eigenvalue weighted by molar-refractivity contribution is -0.128. The molecule has 0 aromatic carbocycles. The Morgan fingerprint density at radius 2 is 1.89 bits per heavy atom. The molecule has 18 heavy (non-hydrogen) atoms. The molecule has 0 heterocycles. The van der Waals surface area contributed by atoms with Crippen LogP contribution >= 0.6 is 0 Å². The summed E-state index contributed by atoms with van der Waals surface area (Å²) in [6.07, 6.45) is 4.50. The molecular weight excluding hydrogens is 228 g/mol. The van der Waals surface area contributed by atoms with E-state index in [0.717, 1.165) is 25.7 Å². The van der Waals surface area contributed by atoms with Crippen molar-refractivity contribution >= 4 is 5.91 Å². The molecule has 102 valence electrons. The number of aliphatic hydroxyl groups is 1. The number of carbonyl (C=O) groups is 1. The molecule has 0 aromatic heterocycles. The minimum absolute atomic E-state index is 0.138. The molecule has 0 unspecified atom stereocenters. The topological polar surface area (TPSA) is 73.1 Å². The normalized spacial score (nSPS) is 24.3. The van der Waals surface area contributed by atoms with E-state index in [1.54, 1.807) is 0 Å². The van der Waals surface area contributed by atoms with Crippen molar-refractivity contribution in [2.75, 3.05) is 6.54 Å². The Bertz CT molecular complexity index is 310. The predicted molar refractivity (Wildman–Crippen MR) is 69.6 cm³/mol. The second-order valence-electron chi connectivity index (χ2n) is 5.29. The molecule has 4 heteroatoms. The monoisotopic (exact) mass is 252 g/mol. The molecule has 2 N–H and O–H groups in total. The average molecular weight is 252 g/mol. The molecule has 1 amide bonds. The molecule has 0 atom stereocenters. The van der Waals surface area contributed by atoms with Gasteiger partial charge in [0.2, 0.25) is 5.91 Å². The van der Waals surface area contributed by atoms with Crippen LogP contribution in [0.25, 0.3) is 0 Å². The van der Waals surface area contributed by atoms with Crippen LogP contribution in [0.1, 0.15) is 52.4 Å². The third-order valence-corrected chi connectivity index (χ3v) is 4.22. The Hall–Kier alpha value is -1.08. The molecule has 0 spiro atoms. The summed E-state index contributed by atoms with van der Waals surface area (Å²) in [6, 6.07) is 2.16. The fourth-order valence-electron chi connectivity index (χ4n) is 2.54. The summed E-state index contributed by atoms with van der Waals surface area (Å²) < 4.78 is 0. The molecular formula is C14H24N2O2. The van der Waals surface area contributed by atoms with Gasteiger partial charge >= 0.3 is 0 Å². The Morgan fingerprint density at radius 3 is 2.33 bits per heavy atom. The van der Waals surface area contributed by atoms with Crippen molar-refractivity contribution in [3.8, 4) is 6.07 Å². The minimum atomic E-state index is -0.867. The van der Waals surface area contributed by atoms with Crippen LogP contribution in [-0.4, -0.2) is 23.7 Å². The van der Waals surface area contributed by atoms with Gasteiger partial charge in [0.25, 0.3) is 0 Å². The average Bonchev–Trinajstić information content (AvgIpc) is 2.41. The van der Waals surface area contributed by atoms with Gasteiger partial charge in [-0.15, -0.1) is 0 Å². The van der Waals surface area contributed by atoms with Gasteiger partial charge in [0.05, 0.1) is 12.2 Å². The molecule has 0 aliphatic heterocycles. The molecule has 0 saturated heterocycles. The van der Waals surface area contributed by atoms with Crippen LogP contribution < -0.4 is 5.32 Å². The van der Waals surface area contributed by atoms with Gasteiger partial charge in [-0.25, -0.2) is 0 Å². The number of hydrogen-bond acceptors (Lipinski definition) is 3. The van der Waals surface area contributed by atoms with Crippen LogP contribution in [0, 0.1) is 22.7 Å². The van der Waals surface area contributed by atoms with Gasteiger partial charge in [-0.05, 0) is 44.4 Å². The lowest BCUT2D eigenvalue weighted by Crippen LogP contribution is -2.42. The quantitative estimate of drug-likeness (QED) is 0.785. The summed E-state index contributed by atoms with van der Waals surface area (Å²) in [7, 11) is 0. The molecule has 4 nitrogen and oxygen atoms in total. The van der Waals surface area contributed by atoms with Crippen LogP contribution in [0.4, 0.5) is 0 Å². The molecule has 1 aliphatic carbocycles. The van der Waals surface area contributed by atoms with E-state index in [9.17, 15) is 15.2 Å². The highest BCUT2D eigenvalue weighted by molar-refractivity contribution is 5.85. The Labute approximate surface area is 109 Å². The zero-order chi connectivity index (χ0) is 13.6. The molecule has 0 aromatic rings. The van der Waals surface area contributed by atoms with Crippen molar-refractivity contribution in [2.45, 2.75) is 58.5 Å². The van der Waals surface area contributed by atoms with E-state index in [1.165, 1.54) is 0 Å². The molecule has 0 radical (unpaired) electrons. The second-order valence-corrected chi connectivity index (χ2v) is 5.29. The predicted octanol–water partition coefficient (Wildman–Crippen LogP) is 1.98. The summed E-state index contributed by atoms with van der Waals surface area (Å²) >= 11 is 0. The highest BCUT2D eigenvalue weighted by Crippen LogP contribution is 2.27. The third kappa shape index (κ3) is 3.46. The van der Waals surface area contributed by atoms with Crippen molar-refractivity contribution in [1.29, 1.82) is 5.26 Å². The zero-order valence-corrected chi connectivity index (χ0v) is 11.4. The Balaban J connectivity index is 2.43. The van der Waals surface area contributed by atoms with E-state index in [4.69, 9.17) is 0 Å². The van der Waals surface area contributed by atoms with Gasteiger partial charge in [0.15, 0.2) is 0 Å². The number of aliphatic hydroxyl groups excluding tert-OH is 1. The first-order valence-corrected chi connectivity index (χ1v) is 6.95. The number of amides is 1. The first-order valence-electron chi connectivity index (χ1n) is 6.95. The number of nitrogens with zero attached hydrogens (tertiary/aromatic N) is 1. The van der Waals surface area contributed by atoms with E-state index in [2.05, 4.69) is 11.4 Å². The second kappa shape index (κ2) is 6.75. The number of nitriles is 1. The maximum absolute atomic E-state index is 12.1. The first kappa shape index (κ1) is 15.0. The molecule has 1 aliphatic rings. The summed E-state index contributed by atoms with van der Waals surface area (Å²) in [5, 5.41) is 21.5. The highest BCUT2D eigenvalue weighted by Gasteiger charge is 2.35. The van der Waals surface area contributed by atoms with Crippen molar-refractivity contribution in [3.63, 3.8) is 0 Å². The van der Waals surface area contributed by atoms with Crippen LogP contribution in [0.3, 0.4) is 0 Å². The largest absolute Gasteiger partial charge is 0.393 e. The van der Waals surface area contributed by atoms with E-state index in [-0.39, 0.29) is 12.0 Å². The van der Waals surface area contributed by atoms with E-state index >= 15 is 0 Å². The van der Waals surface area contributed by atoms with Crippen molar-refractivity contribution in [2.24, 2.45) is 11.3 Å². The van der Waals surface area contributed by atoms with Crippen LogP contribution in [0.2, 0.25) is 0 Å². The van der Waals surface area contributed by atoms with Gasteiger partial charge in [0.1, 0.15) is 5.41 Å². The Kier molecular flexibility index (Phi) is 5.61. The van der Waals surface area contributed by atoms with Gasteiger partial charge in [0, 0.05) is 6.54 Å². The zero-order valence-electron chi connectivity index (χ0n) is 11.4. The maximum atomic E-state index is 12.1. The lowest BCUT2D eigenvalue weighted by Gasteiger charge is -2.28. The number of carbonyl (C=O) groups excluding carboxylic acids is 1. The highest BCUT2D eigenvalue weighted by atomic mass is 16.3. The number of rotatable bonds is 5. The van der Waals surface area contributed by atoms with Crippen molar-refractivity contribution < 1.29 is 9.90 Å². The van der Waals surface area contributed by atoms with Crippen LogP contribution in [0.5, 0.6) is 0 Å². The number of hydrogen-bond donors (Lipinski definition) is 2. The third-order valence-electron chi connectivity index (χ3n) is 4.22. The molecule has 0 bridgehead atoms. The molecule has 1 fully saturated rings. The first-order chi connectivity index (χ1) is 8.57. The summed E-state index contributed by atoms with van der Waals surface area (Å²) in [6.45, 7) is 4.39. The summed E-state index contributed by atoms with van der Waals surface area (Å²) in [5.41, 5.74) is -0.867. The number of nitrogens with one attached hydrogen (secondary N) is 1. The minimum Gasteiger partial charge on any atom is -0.393 e. The van der Waals surface area contributed by atoms with Gasteiger partial charge < -0.3 is 10.4 Å². The SMILES string of the molecule is CCC(C#N)(CC)C(=O)NCC1CCC(O)CC1. The van der Waals surface area contributed by atoms with Gasteiger partial charge in [-0.2, -0.15) is 5.26 Å². The van der Waals surface area contributed by atoms with E-state index < -0.39 is 5.41 Å². The van der Waals surface area contributed by atoms with Crippen molar-refractivity contribution in [1.82, 2.24) is 5.32 Å². The summed E-state index contributed by atoms with van der Waals surface area (Å²) in [5.74, 6) is 0.309. The van der Waals surface area contributed by atoms with Gasteiger partial charge in [-0.3, -0.25) is 4.79 Å². The van der Waals surface area contributed by atoms with Crippen LogP contribution in [0.15, 0.2) is 0 Å². The smallest absolute Gasteiger partial charge is 0.240 e. The van der Waals surface area contributed by atoms with E-state index in [0.29, 0.717) is 25.3 Å². The van der Waals surface area contributed by atoms with E-state index in [1.807, 2.05) is 13.8 Å². The maximum Gasteiger partial charge on any atom is 0.240 e. The standard InChI is InChI=1S/C14H24N2O2/c1-3-14(4-2,10-15)13(18)16-9-11-5-7-12(17)8-6-11/h11-12,17H,3-9H2,1-2H3,(H,16,18). The molecule has 1 saturated carbocycles. The van der Waals surface area contributed by atoms with Gasteiger partial charge in [-0.1, -0.05) is 13.8 Å². The summed E-state index contributed by atoms with van der Waals surface area (Å²) in [4.78, 5) is 12.1. The van der Waals surface area contributed by atoms with Crippen LogP contribution in [-0.2, 0) is 4.79 Å². The molecule has 1 rings (SSSR count). The fourth-order valence-corrected chi connectivity index (χ4v) is 2.54. The fraction of sp³-hybridized carbons (Fsp3) is 0.857.